The first-order chi connectivity index (χ1) is 11.2. The molecule has 132 valence electrons. The second kappa shape index (κ2) is 6.66. The largest absolute Gasteiger partial charge is 0.480 e. The minimum Gasteiger partial charge on any atom is -0.480 e. The molecule has 1 aliphatic rings. The molecule has 0 radical (unpaired) electrons. The number of pyridine rings is 1. The molecule has 0 spiro atoms. The minimum absolute atomic E-state index is 0.256. The van der Waals surface area contributed by atoms with Gasteiger partial charge < -0.3 is 15.0 Å². The Morgan fingerprint density at radius 3 is 2.42 bits per heavy atom. The molecule has 6 nitrogen and oxygen atoms in total. The van der Waals surface area contributed by atoms with Crippen molar-refractivity contribution in [1.82, 2.24) is 9.88 Å². The molecule has 0 atom stereocenters. The van der Waals surface area contributed by atoms with Crippen molar-refractivity contribution >= 4 is 11.9 Å². The molecule has 1 aromatic heterocycles. The number of carboxylic acids is 1. The van der Waals surface area contributed by atoms with E-state index in [1.54, 1.807) is 0 Å². The summed E-state index contributed by atoms with van der Waals surface area (Å²) in [7, 11) is 0. The highest BCUT2D eigenvalue weighted by Gasteiger charge is 2.41. The van der Waals surface area contributed by atoms with Gasteiger partial charge in [0.05, 0.1) is 0 Å². The van der Waals surface area contributed by atoms with Crippen molar-refractivity contribution in [2.75, 3.05) is 0 Å². The van der Waals surface area contributed by atoms with Crippen molar-refractivity contribution < 1.29 is 27.9 Å². The summed E-state index contributed by atoms with van der Waals surface area (Å²) in [6.45, 7) is -0.669. The van der Waals surface area contributed by atoms with E-state index in [0.717, 1.165) is 18.7 Å². The van der Waals surface area contributed by atoms with Crippen molar-refractivity contribution in [2.24, 2.45) is 0 Å². The van der Waals surface area contributed by atoms with Crippen LogP contribution in [0, 0.1) is 0 Å². The molecule has 1 aromatic rings. The number of halogens is 3. The van der Waals surface area contributed by atoms with E-state index >= 15 is 0 Å². The zero-order valence-corrected chi connectivity index (χ0v) is 12.7. The molecule has 0 aliphatic heterocycles. The fraction of sp³-hybridized carbons (Fsp3) is 0.533. The topological polar surface area (TPSA) is 88.4 Å². The van der Waals surface area contributed by atoms with Crippen molar-refractivity contribution in [3.63, 3.8) is 0 Å². The third-order valence-electron chi connectivity index (χ3n) is 4.13. The number of amides is 1. The van der Waals surface area contributed by atoms with Crippen molar-refractivity contribution in [3.8, 4) is 0 Å². The first-order valence-corrected chi connectivity index (χ1v) is 7.47. The number of carboxylic acid groups (broad SMARTS) is 1. The summed E-state index contributed by atoms with van der Waals surface area (Å²) in [5.41, 5.74) is -4.13. The zero-order chi connectivity index (χ0) is 18.0. The van der Waals surface area contributed by atoms with Gasteiger partial charge in [-0.3, -0.25) is 9.59 Å². The maximum Gasteiger partial charge on any atom is 0.421 e. The van der Waals surface area contributed by atoms with Crippen LogP contribution in [0.4, 0.5) is 13.2 Å². The van der Waals surface area contributed by atoms with E-state index in [2.05, 4.69) is 5.32 Å². The van der Waals surface area contributed by atoms with Crippen LogP contribution in [0.3, 0.4) is 0 Å². The van der Waals surface area contributed by atoms with Gasteiger partial charge in [-0.25, -0.2) is 4.79 Å². The average Bonchev–Trinajstić information content (AvgIpc) is 2.49. The van der Waals surface area contributed by atoms with Gasteiger partial charge in [0.15, 0.2) is 0 Å². The van der Waals surface area contributed by atoms with Crippen LogP contribution in [-0.2, 0) is 22.3 Å². The number of hydrogen-bond acceptors (Lipinski definition) is 3. The van der Waals surface area contributed by atoms with Gasteiger partial charge in [-0.2, -0.15) is 13.2 Å². The molecule has 2 rings (SSSR count). The van der Waals surface area contributed by atoms with Crippen molar-refractivity contribution in [3.05, 3.63) is 34.2 Å². The Kier molecular flexibility index (Phi) is 5.00. The lowest BCUT2D eigenvalue weighted by Crippen LogP contribution is -2.56. The highest BCUT2D eigenvalue weighted by atomic mass is 19.4. The summed E-state index contributed by atoms with van der Waals surface area (Å²) in [5.74, 6) is -1.98. The Labute approximate surface area is 135 Å². The summed E-state index contributed by atoms with van der Waals surface area (Å²) in [6.07, 6.45) is -1.12. The Morgan fingerprint density at radius 1 is 1.25 bits per heavy atom. The molecule has 1 aliphatic carbocycles. The molecular weight excluding hydrogens is 329 g/mol. The maximum absolute atomic E-state index is 12.7. The van der Waals surface area contributed by atoms with Crippen LogP contribution in [0.5, 0.6) is 0 Å². The smallest absolute Gasteiger partial charge is 0.421 e. The number of nitrogens with one attached hydrogen (secondary N) is 1. The van der Waals surface area contributed by atoms with E-state index in [4.69, 9.17) is 0 Å². The van der Waals surface area contributed by atoms with Crippen molar-refractivity contribution in [2.45, 2.75) is 50.4 Å². The molecule has 1 saturated carbocycles. The Balaban J connectivity index is 2.18. The Morgan fingerprint density at radius 2 is 1.88 bits per heavy atom. The van der Waals surface area contributed by atoms with E-state index in [9.17, 15) is 32.7 Å². The summed E-state index contributed by atoms with van der Waals surface area (Å²) in [4.78, 5) is 35.4. The van der Waals surface area contributed by atoms with E-state index in [1.165, 1.54) is 0 Å². The van der Waals surface area contributed by atoms with Crippen molar-refractivity contribution in [1.29, 1.82) is 0 Å². The third kappa shape index (κ3) is 3.77. The van der Waals surface area contributed by atoms with Gasteiger partial charge in [0.1, 0.15) is 17.6 Å². The van der Waals surface area contributed by atoms with Gasteiger partial charge >= 0.3 is 12.1 Å². The van der Waals surface area contributed by atoms with Crippen LogP contribution in [0.25, 0.3) is 0 Å². The molecule has 0 unspecified atom stereocenters. The predicted molar refractivity (Wildman–Crippen MR) is 77.3 cm³/mol. The second-order valence-corrected chi connectivity index (χ2v) is 5.85. The lowest BCUT2D eigenvalue weighted by atomic mass is 9.81. The van der Waals surface area contributed by atoms with E-state index < -0.39 is 41.3 Å². The number of carbonyl (C=O) groups is 2. The molecule has 2 N–H and O–H groups in total. The van der Waals surface area contributed by atoms with E-state index in [-0.39, 0.29) is 12.8 Å². The lowest BCUT2D eigenvalue weighted by Gasteiger charge is -2.34. The molecule has 0 aromatic carbocycles. The SMILES string of the molecule is O=C(Cn1cccc(C(F)(F)F)c1=O)NC1(C(=O)O)CCCCC1. The van der Waals surface area contributed by atoms with Gasteiger partial charge in [0.2, 0.25) is 5.91 Å². The monoisotopic (exact) mass is 346 g/mol. The quantitative estimate of drug-likeness (QED) is 0.870. The standard InChI is InChI=1S/C15H17F3N2O4/c16-15(17,18)10-5-4-8-20(12(10)22)9-11(21)19-14(13(23)24)6-2-1-3-7-14/h4-5,8H,1-3,6-7,9H2,(H,19,21)(H,23,24). The first-order valence-electron chi connectivity index (χ1n) is 7.47. The van der Waals surface area contributed by atoms with Gasteiger partial charge in [-0.1, -0.05) is 19.3 Å². The molecule has 0 saturated heterocycles. The fourth-order valence-corrected chi connectivity index (χ4v) is 2.89. The lowest BCUT2D eigenvalue weighted by molar-refractivity contribution is -0.149. The number of hydrogen-bond donors (Lipinski definition) is 2. The average molecular weight is 346 g/mol. The van der Waals surface area contributed by atoms with E-state index in [1.807, 2.05) is 0 Å². The van der Waals surface area contributed by atoms with Crippen LogP contribution < -0.4 is 10.9 Å². The number of nitrogens with zero attached hydrogens (tertiary/aromatic N) is 1. The molecular formula is C15H17F3N2O4. The fourth-order valence-electron chi connectivity index (χ4n) is 2.89. The highest BCUT2D eigenvalue weighted by molar-refractivity contribution is 5.87. The van der Waals surface area contributed by atoms with Gasteiger partial charge in [0, 0.05) is 6.20 Å². The zero-order valence-electron chi connectivity index (χ0n) is 12.7. The summed E-state index contributed by atoms with van der Waals surface area (Å²) in [6, 6.07) is 1.65. The van der Waals surface area contributed by atoms with Gasteiger partial charge in [-0.05, 0) is 25.0 Å². The van der Waals surface area contributed by atoms with Crippen LogP contribution in [0.15, 0.2) is 23.1 Å². The number of carbonyl (C=O) groups excluding carboxylic acids is 1. The highest BCUT2D eigenvalue weighted by Crippen LogP contribution is 2.28. The first kappa shape index (κ1) is 18.0. The number of aromatic nitrogens is 1. The normalized spacial score (nSPS) is 17.3. The van der Waals surface area contributed by atoms with Crippen LogP contribution in [-0.4, -0.2) is 27.1 Å². The maximum atomic E-state index is 12.7. The third-order valence-corrected chi connectivity index (χ3v) is 4.13. The number of rotatable bonds is 4. The summed E-state index contributed by atoms with van der Waals surface area (Å²) < 4.78 is 38.8. The van der Waals surface area contributed by atoms with Crippen LogP contribution in [0.1, 0.15) is 37.7 Å². The summed E-state index contributed by atoms with van der Waals surface area (Å²) in [5, 5.41) is 11.8. The molecule has 1 amide bonds. The minimum atomic E-state index is -4.82. The van der Waals surface area contributed by atoms with Gasteiger partial charge in [-0.15, -0.1) is 0 Å². The summed E-state index contributed by atoms with van der Waals surface area (Å²) >= 11 is 0. The Bertz CT molecular complexity index is 691. The number of alkyl halides is 3. The molecule has 1 fully saturated rings. The molecule has 0 bridgehead atoms. The van der Waals surface area contributed by atoms with E-state index in [0.29, 0.717) is 23.5 Å². The molecule has 9 heteroatoms. The van der Waals surface area contributed by atoms with Crippen LogP contribution >= 0.6 is 0 Å². The van der Waals surface area contributed by atoms with Gasteiger partial charge in [0.25, 0.3) is 5.56 Å². The molecule has 24 heavy (non-hydrogen) atoms. The predicted octanol–water partition coefficient (Wildman–Crippen LogP) is 1.77. The van der Waals surface area contributed by atoms with Crippen LogP contribution in [0.2, 0.25) is 0 Å². The molecule has 1 heterocycles. The number of aliphatic carboxylic acids is 1. The Hall–Kier alpha value is -2.32. The second-order valence-electron chi connectivity index (χ2n) is 5.85.